The number of carbonyl (C=O) groups is 2. The number of benzene rings is 1. The van der Waals surface area contributed by atoms with E-state index >= 15 is 0 Å². The summed E-state index contributed by atoms with van der Waals surface area (Å²) in [4.78, 5) is 28.9. The summed E-state index contributed by atoms with van der Waals surface area (Å²) in [5.74, 6) is 0.0593. The molecule has 1 saturated heterocycles. The second-order valence-corrected chi connectivity index (χ2v) is 6.71. The third-order valence-corrected chi connectivity index (χ3v) is 5.14. The molecule has 2 N–H and O–H groups in total. The first-order valence-corrected chi connectivity index (χ1v) is 9.37. The van der Waals surface area contributed by atoms with Crippen molar-refractivity contribution in [2.75, 3.05) is 36.4 Å². The highest BCUT2D eigenvalue weighted by molar-refractivity contribution is 5.98. The van der Waals surface area contributed by atoms with Crippen LogP contribution in [0, 0.1) is 0 Å². The lowest BCUT2D eigenvalue weighted by atomic mass is 10.0. The Bertz CT molecular complexity index is 646. The number of likely N-dealkylation sites (tertiary alicyclic amines) is 1. The van der Waals surface area contributed by atoms with Gasteiger partial charge in [-0.05, 0) is 57.0 Å². The first-order chi connectivity index (χ1) is 12.1. The normalized spacial score (nSPS) is 20.2. The summed E-state index contributed by atoms with van der Waals surface area (Å²) in [5, 5.41) is 5.90. The third-order valence-electron chi connectivity index (χ3n) is 5.14. The van der Waals surface area contributed by atoms with Crippen molar-refractivity contribution in [2.45, 2.75) is 45.6 Å². The van der Waals surface area contributed by atoms with Crippen molar-refractivity contribution in [3.63, 3.8) is 0 Å². The third kappa shape index (κ3) is 3.79. The van der Waals surface area contributed by atoms with Gasteiger partial charge in [-0.1, -0.05) is 19.4 Å². The molecule has 3 amide bonds. The van der Waals surface area contributed by atoms with Gasteiger partial charge in [0.1, 0.15) is 0 Å². The van der Waals surface area contributed by atoms with E-state index in [0.717, 1.165) is 55.7 Å². The number of amides is 3. The number of carbonyl (C=O) groups excluding carboxylic acids is 2. The number of hydrogen-bond acceptors (Lipinski definition) is 3. The number of rotatable bonds is 4. The summed E-state index contributed by atoms with van der Waals surface area (Å²) in [6, 6.07) is 5.76. The van der Waals surface area contributed by atoms with Crippen LogP contribution in [0.1, 0.15) is 38.7 Å². The molecule has 1 fully saturated rings. The Kier molecular flexibility index (Phi) is 5.58. The molecule has 1 aromatic rings. The van der Waals surface area contributed by atoms with Crippen LogP contribution in [-0.4, -0.2) is 49.1 Å². The van der Waals surface area contributed by atoms with Gasteiger partial charge in [-0.2, -0.15) is 0 Å². The van der Waals surface area contributed by atoms with Crippen molar-refractivity contribution >= 4 is 23.3 Å². The quantitative estimate of drug-likeness (QED) is 0.882. The Morgan fingerprint density at radius 1 is 1.20 bits per heavy atom. The van der Waals surface area contributed by atoms with E-state index in [2.05, 4.69) is 22.5 Å². The summed E-state index contributed by atoms with van der Waals surface area (Å²) in [6.45, 7) is 7.19. The number of piperidine rings is 1. The molecular weight excluding hydrogens is 316 g/mol. The number of hydrogen-bond donors (Lipinski definition) is 2. The molecular formula is C19H28N4O2. The maximum absolute atomic E-state index is 12.7. The summed E-state index contributed by atoms with van der Waals surface area (Å²) in [5.41, 5.74) is 2.82. The molecule has 0 aliphatic carbocycles. The van der Waals surface area contributed by atoms with Crippen LogP contribution in [0.15, 0.2) is 18.2 Å². The fourth-order valence-electron chi connectivity index (χ4n) is 3.81. The molecule has 0 radical (unpaired) electrons. The topological polar surface area (TPSA) is 64.7 Å². The predicted molar refractivity (Wildman–Crippen MR) is 100 cm³/mol. The second kappa shape index (κ2) is 7.87. The van der Waals surface area contributed by atoms with Gasteiger partial charge in [0, 0.05) is 18.8 Å². The predicted octanol–water partition coefficient (Wildman–Crippen LogP) is 2.59. The first kappa shape index (κ1) is 17.7. The first-order valence-electron chi connectivity index (χ1n) is 9.37. The van der Waals surface area contributed by atoms with Gasteiger partial charge in [0.15, 0.2) is 0 Å². The molecule has 25 heavy (non-hydrogen) atoms. The van der Waals surface area contributed by atoms with Crippen molar-refractivity contribution < 1.29 is 9.59 Å². The van der Waals surface area contributed by atoms with Crippen LogP contribution in [0.25, 0.3) is 0 Å². The minimum atomic E-state index is -0.0748. The molecule has 1 aromatic carbocycles. The molecule has 6 nitrogen and oxygen atoms in total. The summed E-state index contributed by atoms with van der Waals surface area (Å²) in [6.07, 6.45) is 4.03. The molecule has 2 aliphatic rings. The Labute approximate surface area is 149 Å². The number of urea groups is 1. The van der Waals surface area contributed by atoms with Crippen molar-refractivity contribution in [1.82, 2.24) is 10.2 Å². The van der Waals surface area contributed by atoms with Crippen molar-refractivity contribution in [3.8, 4) is 0 Å². The largest absolute Gasteiger partial charge is 0.338 e. The Hall–Kier alpha value is -2.08. The Morgan fingerprint density at radius 3 is 2.80 bits per heavy atom. The highest BCUT2D eigenvalue weighted by atomic mass is 16.2. The molecule has 2 aliphatic heterocycles. The molecule has 0 aromatic heterocycles. The van der Waals surface area contributed by atoms with Gasteiger partial charge in [-0.25, -0.2) is 4.79 Å². The van der Waals surface area contributed by atoms with Crippen LogP contribution >= 0.6 is 0 Å². The Morgan fingerprint density at radius 2 is 2.04 bits per heavy atom. The van der Waals surface area contributed by atoms with Gasteiger partial charge in [0.05, 0.1) is 11.7 Å². The van der Waals surface area contributed by atoms with Gasteiger partial charge in [-0.3, -0.25) is 14.6 Å². The molecule has 0 bridgehead atoms. The number of nitrogens with one attached hydrogen (secondary N) is 2. The maximum Gasteiger partial charge on any atom is 0.321 e. The molecule has 0 saturated carbocycles. The van der Waals surface area contributed by atoms with E-state index in [-0.39, 0.29) is 18.0 Å². The van der Waals surface area contributed by atoms with E-state index in [0.29, 0.717) is 13.1 Å². The van der Waals surface area contributed by atoms with E-state index in [4.69, 9.17) is 0 Å². The minimum absolute atomic E-state index is 0.0495. The average Bonchev–Trinajstić information content (AvgIpc) is 3.05. The van der Waals surface area contributed by atoms with Crippen LogP contribution < -0.4 is 15.5 Å². The highest BCUT2D eigenvalue weighted by Gasteiger charge is 2.28. The number of fused-ring (bicyclic) bond motifs is 1. The summed E-state index contributed by atoms with van der Waals surface area (Å²) in [7, 11) is 0. The number of likely N-dealkylation sites (N-methyl/N-ethyl adjacent to an activating group) is 1. The SMILES string of the molecule is CCNC(=O)N1CCc2ccc(NC(=O)[C@H]3CCCCN3CC)cc21. The van der Waals surface area contributed by atoms with Crippen LogP contribution in [0.4, 0.5) is 16.2 Å². The molecule has 6 heteroatoms. The lowest BCUT2D eigenvalue weighted by Gasteiger charge is -2.33. The molecule has 3 rings (SSSR count). The summed E-state index contributed by atoms with van der Waals surface area (Å²) < 4.78 is 0. The fraction of sp³-hybridized carbons (Fsp3) is 0.579. The second-order valence-electron chi connectivity index (χ2n) is 6.71. The van der Waals surface area contributed by atoms with E-state index < -0.39 is 0 Å². The van der Waals surface area contributed by atoms with E-state index in [9.17, 15) is 9.59 Å². The number of anilines is 2. The molecule has 0 spiro atoms. The van der Waals surface area contributed by atoms with E-state index in [1.54, 1.807) is 4.90 Å². The lowest BCUT2D eigenvalue weighted by molar-refractivity contribution is -0.122. The van der Waals surface area contributed by atoms with Crippen molar-refractivity contribution in [2.24, 2.45) is 0 Å². The van der Waals surface area contributed by atoms with Gasteiger partial charge < -0.3 is 10.6 Å². The number of nitrogens with zero attached hydrogens (tertiary/aromatic N) is 2. The monoisotopic (exact) mass is 344 g/mol. The molecule has 2 heterocycles. The zero-order chi connectivity index (χ0) is 17.8. The minimum Gasteiger partial charge on any atom is -0.338 e. The zero-order valence-corrected chi connectivity index (χ0v) is 15.2. The van der Waals surface area contributed by atoms with Gasteiger partial charge in [0.25, 0.3) is 0 Å². The Balaban J connectivity index is 1.73. The van der Waals surface area contributed by atoms with Gasteiger partial charge in [0.2, 0.25) is 5.91 Å². The van der Waals surface area contributed by atoms with Crippen LogP contribution in [0.2, 0.25) is 0 Å². The van der Waals surface area contributed by atoms with E-state index in [1.807, 2.05) is 25.1 Å². The van der Waals surface area contributed by atoms with Crippen LogP contribution in [-0.2, 0) is 11.2 Å². The highest BCUT2D eigenvalue weighted by Crippen LogP contribution is 2.31. The fourth-order valence-corrected chi connectivity index (χ4v) is 3.81. The van der Waals surface area contributed by atoms with Crippen molar-refractivity contribution in [1.29, 1.82) is 0 Å². The average molecular weight is 344 g/mol. The standard InChI is InChI=1S/C19H28N4O2/c1-3-20-19(25)23-12-10-14-8-9-15(13-17(14)23)21-18(24)16-7-5-6-11-22(16)4-2/h8-9,13,16H,3-7,10-12H2,1-2H3,(H,20,25)(H,21,24)/t16-/m1/s1. The van der Waals surface area contributed by atoms with Crippen molar-refractivity contribution in [3.05, 3.63) is 23.8 Å². The summed E-state index contributed by atoms with van der Waals surface area (Å²) >= 11 is 0. The van der Waals surface area contributed by atoms with Gasteiger partial charge in [-0.15, -0.1) is 0 Å². The zero-order valence-electron chi connectivity index (χ0n) is 15.2. The van der Waals surface area contributed by atoms with Gasteiger partial charge >= 0.3 is 6.03 Å². The lowest BCUT2D eigenvalue weighted by Crippen LogP contribution is -2.46. The molecule has 136 valence electrons. The maximum atomic E-state index is 12.7. The molecule has 1 atom stereocenters. The molecule has 0 unspecified atom stereocenters. The smallest absolute Gasteiger partial charge is 0.321 e. The van der Waals surface area contributed by atoms with E-state index in [1.165, 1.54) is 0 Å². The van der Waals surface area contributed by atoms with Crippen LogP contribution in [0.5, 0.6) is 0 Å². The van der Waals surface area contributed by atoms with Crippen LogP contribution in [0.3, 0.4) is 0 Å².